The van der Waals surface area contributed by atoms with Crippen molar-refractivity contribution in [2.75, 3.05) is 13.1 Å². The van der Waals surface area contributed by atoms with Gasteiger partial charge in [0.1, 0.15) is 6.61 Å². The normalized spacial score (nSPS) is 29.0. The second kappa shape index (κ2) is 12.0. The number of aliphatic hydroxyl groups is 2. The fraction of sp³-hybridized carbons (Fsp3) is 0.667. The molecule has 192 valence electrons. The lowest BCUT2D eigenvalue weighted by Crippen LogP contribution is -2.43. The Labute approximate surface area is 207 Å². The van der Waals surface area contributed by atoms with Crippen molar-refractivity contribution in [1.82, 2.24) is 10.2 Å². The Morgan fingerprint density at radius 1 is 0.857 bits per heavy atom. The minimum absolute atomic E-state index is 0.143. The van der Waals surface area contributed by atoms with E-state index in [1.54, 1.807) is 0 Å². The molecule has 3 aliphatic rings. The third-order valence-electron chi connectivity index (χ3n) is 7.97. The van der Waals surface area contributed by atoms with Gasteiger partial charge in [0.05, 0.1) is 24.0 Å². The molecule has 0 spiro atoms. The molecule has 2 aliphatic carbocycles. The highest BCUT2D eigenvalue weighted by atomic mass is 16.5. The number of imide groups is 1. The van der Waals surface area contributed by atoms with Crippen molar-refractivity contribution in [3.8, 4) is 0 Å². The predicted molar refractivity (Wildman–Crippen MR) is 129 cm³/mol. The highest BCUT2D eigenvalue weighted by Gasteiger charge is 2.66. The zero-order valence-electron chi connectivity index (χ0n) is 20.3. The minimum atomic E-state index is -0.873. The van der Waals surface area contributed by atoms with Crippen LogP contribution in [0.5, 0.6) is 0 Å². The van der Waals surface area contributed by atoms with Crippen LogP contribution in [-0.4, -0.2) is 58.3 Å². The zero-order valence-corrected chi connectivity index (χ0v) is 20.3. The van der Waals surface area contributed by atoms with E-state index < -0.39 is 24.0 Å². The van der Waals surface area contributed by atoms with Gasteiger partial charge in [0.25, 0.3) is 0 Å². The summed E-state index contributed by atoms with van der Waals surface area (Å²) in [7, 11) is 0. The van der Waals surface area contributed by atoms with Crippen molar-refractivity contribution in [3.63, 3.8) is 0 Å². The van der Waals surface area contributed by atoms with Gasteiger partial charge in [-0.1, -0.05) is 68.9 Å². The van der Waals surface area contributed by atoms with Gasteiger partial charge in [-0.25, -0.2) is 4.79 Å². The van der Waals surface area contributed by atoms with Crippen LogP contribution in [0.1, 0.15) is 63.4 Å². The van der Waals surface area contributed by atoms with Crippen molar-refractivity contribution >= 4 is 17.9 Å². The van der Waals surface area contributed by atoms with Crippen molar-refractivity contribution in [3.05, 3.63) is 35.9 Å². The van der Waals surface area contributed by atoms with Gasteiger partial charge in [-0.2, -0.15) is 0 Å². The van der Waals surface area contributed by atoms with Crippen LogP contribution in [-0.2, 0) is 20.9 Å². The number of carbonyl (C=O) groups excluding carboxylic acids is 3. The molecule has 1 aromatic carbocycles. The third kappa shape index (κ3) is 5.86. The SMILES string of the molecule is O=C(NCCCCCCCCCCN1C(=O)[C@@H]2[C@H]3C[C@H]([C@H](O)[C@@H]3O)[C@@H]2C1=O)OCc1ccccc1. The number of carbonyl (C=O) groups is 3. The van der Waals surface area contributed by atoms with E-state index in [2.05, 4.69) is 5.32 Å². The fourth-order valence-electron chi connectivity index (χ4n) is 6.13. The molecule has 4 rings (SSSR count). The number of benzene rings is 1. The van der Waals surface area contributed by atoms with Crippen LogP contribution in [0.3, 0.4) is 0 Å². The second-order valence-electron chi connectivity index (χ2n) is 10.2. The number of ether oxygens (including phenoxy) is 1. The summed E-state index contributed by atoms with van der Waals surface area (Å²) >= 11 is 0. The third-order valence-corrected chi connectivity index (χ3v) is 7.97. The van der Waals surface area contributed by atoms with Crippen molar-refractivity contribution in [2.24, 2.45) is 23.7 Å². The van der Waals surface area contributed by atoms with Crippen LogP contribution >= 0.6 is 0 Å². The Bertz CT molecular complexity index is 846. The first-order valence-electron chi connectivity index (χ1n) is 13.1. The molecule has 3 fully saturated rings. The molecule has 8 nitrogen and oxygen atoms in total. The molecule has 35 heavy (non-hydrogen) atoms. The molecule has 2 saturated carbocycles. The van der Waals surface area contributed by atoms with Crippen LogP contribution in [0, 0.1) is 23.7 Å². The number of nitrogens with zero attached hydrogens (tertiary/aromatic N) is 1. The fourth-order valence-corrected chi connectivity index (χ4v) is 6.13. The van der Waals surface area contributed by atoms with Crippen LogP contribution in [0.25, 0.3) is 0 Å². The maximum absolute atomic E-state index is 12.8. The molecule has 1 aromatic rings. The molecule has 0 unspecified atom stereocenters. The highest BCUT2D eigenvalue weighted by Crippen LogP contribution is 2.56. The molecule has 3 N–H and O–H groups in total. The highest BCUT2D eigenvalue weighted by molar-refractivity contribution is 6.06. The number of hydrogen-bond donors (Lipinski definition) is 3. The lowest BCUT2D eigenvalue weighted by molar-refractivity contribution is -0.141. The smallest absolute Gasteiger partial charge is 0.407 e. The lowest BCUT2D eigenvalue weighted by atomic mass is 9.78. The topological polar surface area (TPSA) is 116 Å². The average molecular weight is 487 g/mol. The molecule has 0 radical (unpaired) electrons. The van der Waals surface area contributed by atoms with Crippen molar-refractivity contribution in [2.45, 2.75) is 76.6 Å². The van der Waals surface area contributed by atoms with Gasteiger partial charge in [-0.05, 0) is 24.8 Å². The number of amides is 3. The molecule has 1 heterocycles. The molecule has 6 atom stereocenters. The predicted octanol–water partition coefficient (Wildman–Crippen LogP) is 3.01. The largest absolute Gasteiger partial charge is 0.445 e. The maximum Gasteiger partial charge on any atom is 0.407 e. The van der Waals surface area contributed by atoms with Gasteiger partial charge in [0.15, 0.2) is 0 Å². The Balaban J connectivity index is 0.987. The summed E-state index contributed by atoms with van der Waals surface area (Å²) in [4.78, 5) is 38.6. The molecular formula is C27H38N2O6. The van der Waals surface area contributed by atoms with E-state index in [4.69, 9.17) is 4.74 Å². The van der Waals surface area contributed by atoms with Gasteiger partial charge in [-0.15, -0.1) is 0 Å². The molecular weight excluding hydrogens is 448 g/mol. The number of alkyl carbamates (subject to hydrolysis) is 1. The van der Waals surface area contributed by atoms with Gasteiger partial charge in [0, 0.05) is 24.9 Å². The van der Waals surface area contributed by atoms with Crippen LogP contribution in [0.15, 0.2) is 30.3 Å². The summed E-state index contributed by atoms with van der Waals surface area (Å²) in [6.45, 7) is 1.34. The zero-order chi connectivity index (χ0) is 24.8. The van der Waals surface area contributed by atoms with E-state index in [0.717, 1.165) is 56.9 Å². The Morgan fingerprint density at radius 2 is 1.40 bits per heavy atom. The van der Waals surface area contributed by atoms with E-state index in [1.165, 1.54) is 4.90 Å². The van der Waals surface area contributed by atoms with Gasteiger partial charge in [-0.3, -0.25) is 14.5 Å². The van der Waals surface area contributed by atoms with Gasteiger partial charge in [0.2, 0.25) is 11.8 Å². The number of rotatable bonds is 13. The Morgan fingerprint density at radius 3 is 2.00 bits per heavy atom. The Hall–Kier alpha value is -2.45. The monoisotopic (exact) mass is 486 g/mol. The summed E-state index contributed by atoms with van der Waals surface area (Å²) in [5.74, 6) is -1.67. The molecule has 0 aromatic heterocycles. The van der Waals surface area contributed by atoms with E-state index in [1.807, 2.05) is 30.3 Å². The van der Waals surface area contributed by atoms with Crippen molar-refractivity contribution < 1.29 is 29.3 Å². The number of hydrogen-bond acceptors (Lipinski definition) is 6. The van der Waals surface area contributed by atoms with E-state index in [0.29, 0.717) is 19.5 Å². The first kappa shape index (κ1) is 25.6. The first-order valence-corrected chi connectivity index (χ1v) is 13.1. The number of aliphatic hydroxyl groups excluding tert-OH is 2. The van der Waals surface area contributed by atoms with E-state index in [-0.39, 0.29) is 36.4 Å². The number of likely N-dealkylation sites (tertiary alicyclic amines) is 1. The number of unbranched alkanes of at least 4 members (excludes halogenated alkanes) is 7. The first-order chi connectivity index (χ1) is 17.0. The number of fused-ring (bicyclic) bond motifs is 5. The lowest BCUT2D eigenvalue weighted by Gasteiger charge is -2.29. The molecule has 1 aliphatic heterocycles. The Kier molecular flexibility index (Phi) is 8.78. The summed E-state index contributed by atoms with van der Waals surface area (Å²) < 4.78 is 5.19. The average Bonchev–Trinajstić information content (AvgIpc) is 3.47. The second-order valence-corrected chi connectivity index (χ2v) is 10.2. The quantitative estimate of drug-likeness (QED) is 0.292. The van der Waals surface area contributed by atoms with Crippen LogP contribution in [0.2, 0.25) is 0 Å². The van der Waals surface area contributed by atoms with Crippen LogP contribution in [0.4, 0.5) is 4.79 Å². The van der Waals surface area contributed by atoms with Crippen molar-refractivity contribution in [1.29, 1.82) is 0 Å². The molecule has 1 saturated heterocycles. The summed E-state index contributed by atoms with van der Waals surface area (Å²) in [5, 5.41) is 23.0. The van der Waals surface area contributed by atoms with E-state index in [9.17, 15) is 24.6 Å². The number of nitrogens with one attached hydrogen (secondary N) is 1. The van der Waals surface area contributed by atoms with E-state index >= 15 is 0 Å². The van der Waals surface area contributed by atoms with Gasteiger partial charge >= 0.3 is 6.09 Å². The summed E-state index contributed by atoms with van der Waals surface area (Å²) in [6.07, 6.45) is 6.62. The molecule has 3 amide bonds. The standard InChI is InChI=1S/C27H38N2O6/c30-23-19-16-20(24(23)31)22-21(19)25(32)29(26(22)33)15-11-6-4-2-1-3-5-10-14-28-27(34)35-17-18-12-8-7-9-13-18/h7-9,12-13,19-24,30-31H,1-6,10-11,14-17H2,(H,28,34)/t19-,20+,21-,22+,23-,24+. The minimum Gasteiger partial charge on any atom is -0.445 e. The van der Waals surface area contributed by atoms with Crippen LogP contribution < -0.4 is 5.32 Å². The summed E-state index contributed by atoms with van der Waals surface area (Å²) in [6, 6.07) is 9.60. The molecule has 8 heteroatoms. The molecule has 2 bridgehead atoms. The van der Waals surface area contributed by atoms with Gasteiger partial charge < -0.3 is 20.3 Å². The maximum atomic E-state index is 12.8. The summed E-state index contributed by atoms with van der Waals surface area (Å²) in [5.41, 5.74) is 0.968.